The highest BCUT2D eigenvalue weighted by atomic mass is 32.1. The number of alkyl halides is 3. The molecule has 1 aromatic heterocycles. The molecule has 0 amide bonds. The molecule has 0 saturated carbocycles. The Bertz CT molecular complexity index is 600. The van der Waals surface area contributed by atoms with Gasteiger partial charge in [-0.1, -0.05) is 0 Å². The van der Waals surface area contributed by atoms with Crippen molar-refractivity contribution in [2.75, 3.05) is 32.7 Å². The number of thiazole rings is 1. The van der Waals surface area contributed by atoms with Crippen LogP contribution in [0.5, 0.6) is 0 Å². The summed E-state index contributed by atoms with van der Waals surface area (Å²) in [7, 11) is 0. The fraction of sp³-hybridized carbons (Fsp3) is 0.778. The fourth-order valence-corrected chi connectivity index (χ4v) is 3.93. The lowest BCUT2D eigenvalue weighted by atomic mass is 9.97. The van der Waals surface area contributed by atoms with Gasteiger partial charge in [0.1, 0.15) is 0 Å². The highest BCUT2D eigenvalue weighted by Gasteiger charge is 2.33. The van der Waals surface area contributed by atoms with Crippen LogP contribution in [0.15, 0.2) is 10.4 Å². The lowest BCUT2D eigenvalue weighted by Crippen LogP contribution is -2.42. The first-order valence-electron chi connectivity index (χ1n) is 9.57. The second-order valence-corrected chi connectivity index (χ2v) is 8.06. The quantitative estimate of drug-likeness (QED) is 0.539. The van der Waals surface area contributed by atoms with Crippen LogP contribution in [0.1, 0.15) is 44.3 Å². The summed E-state index contributed by atoms with van der Waals surface area (Å²) in [4.78, 5) is 10.8. The van der Waals surface area contributed by atoms with E-state index in [2.05, 4.69) is 39.4 Å². The molecule has 1 fully saturated rings. The first-order chi connectivity index (χ1) is 12.8. The molecule has 0 aromatic carbocycles. The van der Waals surface area contributed by atoms with Crippen LogP contribution in [0.3, 0.4) is 0 Å². The van der Waals surface area contributed by atoms with Gasteiger partial charge in [0.25, 0.3) is 0 Å². The van der Waals surface area contributed by atoms with E-state index in [0.29, 0.717) is 35.9 Å². The number of hydrogen-bond donors (Lipinski definition) is 2. The molecule has 27 heavy (non-hydrogen) atoms. The van der Waals surface area contributed by atoms with Crippen LogP contribution in [0, 0.1) is 5.92 Å². The minimum absolute atomic E-state index is 0.440. The van der Waals surface area contributed by atoms with E-state index in [1.807, 2.05) is 6.92 Å². The monoisotopic (exact) mass is 405 g/mol. The third-order valence-corrected chi connectivity index (χ3v) is 5.51. The van der Waals surface area contributed by atoms with Crippen molar-refractivity contribution in [3.63, 3.8) is 0 Å². The summed E-state index contributed by atoms with van der Waals surface area (Å²) in [5.74, 6) is 1.26. The molecule has 9 heteroatoms. The molecule has 1 aromatic rings. The average molecular weight is 406 g/mol. The SMILES string of the molecule is CCNC(=NCC1CCCN(C(C)C)C1)NCCc1nc(C(F)(F)F)cs1. The zero-order valence-electron chi connectivity index (χ0n) is 16.3. The molecule has 1 aliphatic heterocycles. The van der Waals surface area contributed by atoms with Crippen LogP contribution < -0.4 is 10.6 Å². The number of nitrogens with zero attached hydrogens (tertiary/aromatic N) is 3. The standard InChI is InChI=1S/C18H30F3N5S/c1-4-22-17(24-10-14-6-5-9-26(11-14)13(2)3)23-8-7-16-25-15(12-27-16)18(19,20)21/h12-14H,4-11H2,1-3H3,(H2,22,23,24). The number of guanidine groups is 1. The van der Waals surface area contributed by atoms with E-state index in [1.54, 1.807) is 0 Å². The van der Waals surface area contributed by atoms with Crippen molar-refractivity contribution in [2.45, 2.75) is 52.3 Å². The minimum Gasteiger partial charge on any atom is -0.357 e. The van der Waals surface area contributed by atoms with E-state index in [0.717, 1.165) is 42.9 Å². The van der Waals surface area contributed by atoms with Crippen LogP contribution in [0.4, 0.5) is 13.2 Å². The summed E-state index contributed by atoms with van der Waals surface area (Å²) in [5, 5.41) is 7.95. The molecular formula is C18H30F3N5S. The number of likely N-dealkylation sites (tertiary alicyclic amines) is 1. The maximum absolute atomic E-state index is 12.6. The topological polar surface area (TPSA) is 52.6 Å². The van der Waals surface area contributed by atoms with Gasteiger partial charge in [-0.3, -0.25) is 4.99 Å². The van der Waals surface area contributed by atoms with Gasteiger partial charge in [0.2, 0.25) is 0 Å². The fourth-order valence-electron chi connectivity index (χ4n) is 3.12. The van der Waals surface area contributed by atoms with Gasteiger partial charge in [0.15, 0.2) is 11.7 Å². The van der Waals surface area contributed by atoms with Crippen LogP contribution in [0.25, 0.3) is 0 Å². The van der Waals surface area contributed by atoms with Gasteiger partial charge >= 0.3 is 6.18 Å². The summed E-state index contributed by atoms with van der Waals surface area (Å²) in [6.07, 6.45) is -1.54. The largest absolute Gasteiger partial charge is 0.434 e. The van der Waals surface area contributed by atoms with Gasteiger partial charge in [-0.05, 0) is 46.1 Å². The third-order valence-electron chi connectivity index (χ3n) is 4.61. The highest BCUT2D eigenvalue weighted by Crippen LogP contribution is 2.30. The molecule has 0 aliphatic carbocycles. The molecule has 1 saturated heterocycles. The normalized spacial score (nSPS) is 19.5. The Labute approximate surface area is 163 Å². The van der Waals surface area contributed by atoms with Crippen molar-refractivity contribution in [1.29, 1.82) is 0 Å². The van der Waals surface area contributed by atoms with E-state index >= 15 is 0 Å². The van der Waals surface area contributed by atoms with Crippen molar-refractivity contribution in [3.05, 3.63) is 16.1 Å². The van der Waals surface area contributed by atoms with Crippen molar-refractivity contribution in [3.8, 4) is 0 Å². The Morgan fingerprint density at radius 1 is 1.41 bits per heavy atom. The number of aromatic nitrogens is 1. The summed E-state index contributed by atoms with van der Waals surface area (Å²) < 4.78 is 37.8. The second kappa shape index (κ2) is 10.3. The van der Waals surface area contributed by atoms with Crippen molar-refractivity contribution >= 4 is 17.3 Å². The van der Waals surface area contributed by atoms with Crippen LogP contribution in [-0.2, 0) is 12.6 Å². The first-order valence-corrected chi connectivity index (χ1v) is 10.5. The molecule has 154 valence electrons. The Morgan fingerprint density at radius 3 is 2.81 bits per heavy atom. The Hall–Kier alpha value is -1.35. The predicted octanol–water partition coefficient (Wildman–Crippen LogP) is 3.38. The van der Waals surface area contributed by atoms with Gasteiger partial charge in [0.05, 0.1) is 5.01 Å². The maximum Gasteiger partial charge on any atom is 0.434 e. The number of hydrogen-bond acceptors (Lipinski definition) is 4. The predicted molar refractivity (Wildman–Crippen MR) is 104 cm³/mol. The van der Waals surface area contributed by atoms with Crippen LogP contribution in [-0.4, -0.2) is 54.6 Å². The molecule has 1 aliphatic rings. The summed E-state index contributed by atoms with van der Waals surface area (Å²) in [6.45, 7) is 10.7. The molecular weight excluding hydrogens is 375 g/mol. The molecule has 1 unspecified atom stereocenters. The molecule has 2 rings (SSSR count). The van der Waals surface area contributed by atoms with E-state index in [-0.39, 0.29) is 0 Å². The maximum atomic E-state index is 12.6. The van der Waals surface area contributed by atoms with Gasteiger partial charge in [-0.2, -0.15) is 13.2 Å². The lowest BCUT2D eigenvalue weighted by Gasteiger charge is -2.34. The molecule has 2 N–H and O–H groups in total. The van der Waals surface area contributed by atoms with Gasteiger partial charge in [-0.15, -0.1) is 11.3 Å². The molecule has 2 heterocycles. The Balaban J connectivity index is 1.82. The minimum atomic E-state index is -4.37. The van der Waals surface area contributed by atoms with E-state index in [1.165, 1.54) is 12.8 Å². The second-order valence-electron chi connectivity index (χ2n) is 7.12. The number of aliphatic imine (C=N–C) groups is 1. The van der Waals surface area contributed by atoms with E-state index in [9.17, 15) is 13.2 Å². The number of halogens is 3. The number of piperidine rings is 1. The smallest absolute Gasteiger partial charge is 0.357 e. The third kappa shape index (κ3) is 7.29. The van der Waals surface area contributed by atoms with Gasteiger partial charge in [0, 0.05) is 44.0 Å². The van der Waals surface area contributed by atoms with Gasteiger partial charge < -0.3 is 15.5 Å². The van der Waals surface area contributed by atoms with Crippen molar-refractivity contribution in [1.82, 2.24) is 20.5 Å². The number of rotatable bonds is 7. The Morgan fingerprint density at radius 2 is 2.19 bits per heavy atom. The average Bonchev–Trinajstić information content (AvgIpc) is 3.09. The van der Waals surface area contributed by atoms with Crippen molar-refractivity contribution < 1.29 is 13.2 Å². The Kier molecular flexibility index (Phi) is 8.34. The molecule has 0 radical (unpaired) electrons. The van der Waals surface area contributed by atoms with E-state index < -0.39 is 11.9 Å². The first kappa shape index (κ1) is 21.9. The molecule has 1 atom stereocenters. The zero-order chi connectivity index (χ0) is 19.9. The number of nitrogens with one attached hydrogen (secondary N) is 2. The van der Waals surface area contributed by atoms with Crippen LogP contribution >= 0.6 is 11.3 Å². The van der Waals surface area contributed by atoms with Crippen LogP contribution in [0.2, 0.25) is 0 Å². The molecule has 0 spiro atoms. The molecule has 0 bridgehead atoms. The summed E-state index contributed by atoms with van der Waals surface area (Å²) in [5.41, 5.74) is -0.810. The van der Waals surface area contributed by atoms with Gasteiger partial charge in [-0.25, -0.2) is 4.98 Å². The zero-order valence-corrected chi connectivity index (χ0v) is 17.1. The highest BCUT2D eigenvalue weighted by molar-refractivity contribution is 7.09. The summed E-state index contributed by atoms with van der Waals surface area (Å²) >= 11 is 1.04. The van der Waals surface area contributed by atoms with E-state index in [4.69, 9.17) is 0 Å². The molecule has 5 nitrogen and oxygen atoms in total. The van der Waals surface area contributed by atoms with Crippen molar-refractivity contribution in [2.24, 2.45) is 10.9 Å². The summed E-state index contributed by atoms with van der Waals surface area (Å²) in [6, 6.07) is 0.558. The lowest BCUT2D eigenvalue weighted by molar-refractivity contribution is -0.140.